The van der Waals surface area contributed by atoms with Gasteiger partial charge < -0.3 is 0 Å². The third-order valence-corrected chi connectivity index (χ3v) is 3.89. The van der Waals surface area contributed by atoms with Gasteiger partial charge in [-0.05, 0) is 39.3 Å². The minimum atomic E-state index is -1.27. The van der Waals surface area contributed by atoms with Crippen LogP contribution in [0.5, 0.6) is 0 Å². The van der Waals surface area contributed by atoms with Gasteiger partial charge in [0.25, 0.3) is 0 Å². The van der Waals surface area contributed by atoms with Crippen LogP contribution >= 0.6 is 11.6 Å². The standard InChI is InChI=1S/C13H19ClN2OS/c1-5-6-11(16-18(17)13(2,3)4)12-9-10(14)7-8-15-12/h7-9H,5-6H2,1-4H3. The van der Waals surface area contributed by atoms with E-state index in [1.807, 2.05) is 20.8 Å². The fourth-order valence-electron chi connectivity index (χ4n) is 1.26. The summed E-state index contributed by atoms with van der Waals surface area (Å²) in [6, 6.07) is 3.48. The maximum atomic E-state index is 12.1. The van der Waals surface area contributed by atoms with Crippen LogP contribution in [0.1, 0.15) is 46.2 Å². The summed E-state index contributed by atoms with van der Waals surface area (Å²) in [4.78, 5) is 4.24. The molecule has 0 aliphatic carbocycles. The number of rotatable bonds is 4. The van der Waals surface area contributed by atoms with Crippen molar-refractivity contribution in [2.45, 2.75) is 45.3 Å². The van der Waals surface area contributed by atoms with Gasteiger partial charge >= 0.3 is 0 Å². The fourth-order valence-corrected chi connectivity index (χ4v) is 2.08. The van der Waals surface area contributed by atoms with Gasteiger partial charge in [-0.25, -0.2) is 4.21 Å². The zero-order valence-corrected chi connectivity index (χ0v) is 12.8. The van der Waals surface area contributed by atoms with E-state index in [1.54, 1.807) is 18.3 Å². The molecule has 1 aromatic heterocycles. The van der Waals surface area contributed by atoms with E-state index in [0.717, 1.165) is 18.6 Å². The number of nitrogens with zero attached hydrogens (tertiary/aromatic N) is 2. The Hall–Kier alpha value is -0.740. The highest BCUT2D eigenvalue weighted by atomic mass is 35.5. The van der Waals surface area contributed by atoms with Crippen LogP contribution in [0.3, 0.4) is 0 Å². The van der Waals surface area contributed by atoms with E-state index in [0.29, 0.717) is 10.7 Å². The first-order chi connectivity index (χ1) is 8.34. The molecule has 5 heteroatoms. The highest BCUT2D eigenvalue weighted by molar-refractivity contribution is 7.85. The predicted molar refractivity (Wildman–Crippen MR) is 78.6 cm³/mol. The summed E-state index contributed by atoms with van der Waals surface area (Å²) in [6.45, 7) is 7.77. The molecule has 3 nitrogen and oxygen atoms in total. The summed E-state index contributed by atoms with van der Waals surface area (Å²) < 4.78 is 16.0. The van der Waals surface area contributed by atoms with Crippen molar-refractivity contribution in [2.24, 2.45) is 4.40 Å². The molecule has 0 aromatic carbocycles. The SMILES string of the molecule is CCCC(=NS(=O)C(C)(C)C)c1cc(Cl)ccn1. The van der Waals surface area contributed by atoms with Crippen molar-refractivity contribution in [2.75, 3.05) is 0 Å². The largest absolute Gasteiger partial charge is 0.255 e. The number of halogens is 1. The Morgan fingerprint density at radius 3 is 2.67 bits per heavy atom. The molecule has 0 spiro atoms. The van der Waals surface area contributed by atoms with Crippen LogP contribution in [0.25, 0.3) is 0 Å². The monoisotopic (exact) mass is 286 g/mol. The topological polar surface area (TPSA) is 42.3 Å². The average molecular weight is 287 g/mol. The number of hydrogen-bond donors (Lipinski definition) is 0. The van der Waals surface area contributed by atoms with Crippen LogP contribution in [-0.2, 0) is 11.0 Å². The van der Waals surface area contributed by atoms with E-state index in [9.17, 15) is 4.21 Å². The second-order valence-corrected chi connectivity index (χ2v) is 7.35. The summed E-state index contributed by atoms with van der Waals surface area (Å²) in [5, 5.41) is 0.616. The lowest BCUT2D eigenvalue weighted by Crippen LogP contribution is -2.21. The third-order valence-electron chi connectivity index (χ3n) is 2.22. The Morgan fingerprint density at radius 1 is 1.50 bits per heavy atom. The molecule has 0 amide bonds. The van der Waals surface area contributed by atoms with Crippen LogP contribution in [0.15, 0.2) is 22.7 Å². The molecule has 1 heterocycles. The van der Waals surface area contributed by atoms with Crippen molar-refractivity contribution in [3.8, 4) is 0 Å². The van der Waals surface area contributed by atoms with Gasteiger partial charge in [0.2, 0.25) is 0 Å². The van der Waals surface area contributed by atoms with Crippen LogP contribution in [0, 0.1) is 0 Å². The van der Waals surface area contributed by atoms with E-state index in [-0.39, 0.29) is 4.75 Å². The van der Waals surface area contributed by atoms with Crippen molar-refractivity contribution in [1.82, 2.24) is 4.98 Å². The van der Waals surface area contributed by atoms with Gasteiger partial charge in [0.05, 0.1) is 16.2 Å². The molecule has 0 bridgehead atoms. The third kappa shape index (κ3) is 4.50. The van der Waals surface area contributed by atoms with Crippen LogP contribution in [0.2, 0.25) is 5.02 Å². The predicted octanol–water partition coefficient (Wildman–Crippen LogP) is 3.79. The van der Waals surface area contributed by atoms with Crippen molar-refractivity contribution in [3.63, 3.8) is 0 Å². The molecule has 1 atom stereocenters. The second-order valence-electron chi connectivity index (χ2n) is 5.01. The lowest BCUT2D eigenvalue weighted by molar-refractivity contribution is 0.650. The summed E-state index contributed by atoms with van der Waals surface area (Å²) in [5.74, 6) is 0. The van der Waals surface area contributed by atoms with Crippen LogP contribution in [0.4, 0.5) is 0 Å². The normalized spacial score (nSPS) is 14.6. The Kier molecular flexibility index (Phi) is 5.47. The van der Waals surface area contributed by atoms with Crippen LogP contribution in [-0.4, -0.2) is 19.7 Å². The van der Waals surface area contributed by atoms with Gasteiger partial charge in [0, 0.05) is 11.2 Å². The number of pyridine rings is 1. The molecule has 18 heavy (non-hydrogen) atoms. The number of aromatic nitrogens is 1. The molecule has 1 aromatic rings. The molecular formula is C13H19ClN2OS. The lowest BCUT2D eigenvalue weighted by Gasteiger charge is -2.15. The Balaban J connectivity index is 3.10. The van der Waals surface area contributed by atoms with Gasteiger partial charge in [0.1, 0.15) is 11.0 Å². The molecule has 0 saturated heterocycles. The quantitative estimate of drug-likeness (QED) is 0.790. The minimum Gasteiger partial charge on any atom is -0.255 e. The van der Waals surface area contributed by atoms with E-state index in [2.05, 4.69) is 16.3 Å². The van der Waals surface area contributed by atoms with E-state index >= 15 is 0 Å². The van der Waals surface area contributed by atoms with E-state index in [4.69, 9.17) is 11.6 Å². The molecule has 0 radical (unpaired) electrons. The maximum absolute atomic E-state index is 12.1. The summed E-state index contributed by atoms with van der Waals surface area (Å²) in [7, 11) is -1.27. The Morgan fingerprint density at radius 2 is 2.17 bits per heavy atom. The van der Waals surface area contributed by atoms with Gasteiger partial charge in [-0.1, -0.05) is 24.9 Å². The summed E-state index contributed by atoms with van der Waals surface area (Å²) >= 11 is 5.94. The van der Waals surface area contributed by atoms with Crippen molar-refractivity contribution < 1.29 is 4.21 Å². The first-order valence-electron chi connectivity index (χ1n) is 5.96. The smallest absolute Gasteiger partial charge is 0.145 e. The second kappa shape index (κ2) is 6.43. The average Bonchev–Trinajstić information content (AvgIpc) is 2.27. The first kappa shape index (κ1) is 15.3. The minimum absolute atomic E-state index is 0.364. The lowest BCUT2D eigenvalue weighted by atomic mass is 10.1. The molecule has 0 aliphatic rings. The van der Waals surface area contributed by atoms with Gasteiger partial charge in [-0.2, -0.15) is 4.40 Å². The van der Waals surface area contributed by atoms with Crippen LogP contribution < -0.4 is 0 Å². The van der Waals surface area contributed by atoms with Crippen molar-refractivity contribution >= 4 is 28.3 Å². The maximum Gasteiger partial charge on any atom is 0.145 e. The molecule has 0 N–H and O–H groups in total. The first-order valence-corrected chi connectivity index (χ1v) is 7.44. The Labute approximate surface area is 116 Å². The van der Waals surface area contributed by atoms with Gasteiger partial charge in [0.15, 0.2) is 0 Å². The molecule has 0 saturated carbocycles. The highest BCUT2D eigenvalue weighted by Crippen LogP contribution is 2.16. The van der Waals surface area contributed by atoms with Crippen molar-refractivity contribution in [1.29, 1.82) is 0 Å². The molecular weight excluding hydrogens is 268 g/mol. The summed E-state index contributed by atoms with van der Waals surface area (Å²) in [5.41, 5.74) is 1.47. The molecule has 0 aliphatic heterocycles. The zero-order chi connectivity index (χ0) is 13.8. The molecule has 0 fully saturated rings. The van der Waals surface area contributed by atoms with E-state index in [1.165, 1.54) is 0 Å². The highest BCUT2D eigenvalue weighted by Gasteiger charge is 2.20. The fraction of sp³-hybridized carbons (Fsp3) is 0.538. The van der Waals surface area contributed by atoms with Crippen molar-refractivity contribution in [3.05, 3.63) is 29.0 Å². The molecule has 100 valence electrons. The zero-order valence-electron chi connectivity index (χ0n) is 11.2. The van der Waals surface area contributed by atoms with Gasteiger partial charge in [-0.3, -0.25) is 4.98 Å². The Bertz CT molecular complexity index is 466. The van der Waals surface area contributed by atoms with Gasteiger partial charge in [-0.15, -0.1) is 0 Å². The number of hydrogen-bond acceptors (Lipinski definition) is 2. The summed E-state index contributed by atoms with van der Waals surface area (Å²) in [6.07, 6.45) is 3.31. The molecule has 1 unspecified atom stereocenters. The molecule has 1 rings (SSSR count). The van der Waals surface area contributed by atoms with E-state index < -0.39 is 11.0 Å².